The summed E-state index contributed by atoms with van der Waals surface area (Å²) in [5, 5.41) is 2.88. The van der Waals surface area contributed by atoms with Crippen molar-refractivity contribution in [3.05, 3.63) is 0 Å². The highest BCUT2D eigenvalue weighted by Crippen LogP contribution is 2.30. The largest absolute Gasteiger partial charge is 0.346 e. The number of Topliss-reactive ketones (excluding diaryl/α,β-unsaturated/α-hetero) is 1. The molecule has 86 valence electrons. The lowest BCUT2D eigenvalue weighted by molar-refractivity contribution is -0.130. The van der Waals surface area contributed by atoms with Crippen LogP contribution >= 0.6 is 0 Å². The van der Waals surface area contributed by atoms with Crippen molar-refractivity contribution in [1.29, 1.82) is 0 Å². The summed E-state index contributed by atoms with van der Waals surface area (Å²) in [6, 6.07) is -0.337. The van der Waals surface area contributed by atoms with Crippen molar-refractivity contribution in [3.63, 3.8) is 0 Å². The van der Waals surface area contributed by atoms with Crippen LogP contribution in [0.3, 0.4) is 0 Å². The Morgan fingerprint density at radius 2 is 1.87 bits per heavy atom. The van der Waals surface area contributed by atoms with Crippen molar-refractivity contribution in [2.24, 2.45) is 11.3 Å². The summed E-state index contributed by atoms with van der Waals surface area (Å²) in [4.78, 5) is 23.3. The first-order valence-corrected chi connectivity index (χ1v) is 5.69. The molecule has 1 atom stereocenters. The topological polar surface area (TPSA) is 46.2 Å². The minimum atomic E-state index is -0.337. The second kappa shape index (κ2) is 4.33. The molecule has 0 spiro atoms. The summed E-state index contributed by atoms with van der Waals surface area (Å²) in [6.45, 7) is 7.79. The fourth-order valence-corrected chi connectivity index (χ4v) is 1.59. The zero-order valence-electron chi connectivity index (χ0n) is 10.1. The molecule has 1 aliphatic carbocycles. The summed E-state index contributed by atoms with van der Waals surface area (Å²) in [5.41, 5.74) is -0.197. The molecule has 0 aliphatic heterocycles. The van der Waals surface area contributed by atoms with Crippen molar-refractivity contribution in [2.45, 2.75) is 53.0 Å². The number of rotatable bonds is 4. The lowest BCUT2D eigenvalue weighted by atomic mass is 9.83. The first kappa shape index (κ1) is 12.2. The molecule has 0 aromatic rings. The van der Waals surface area contributed by atoms with Crippen molar-refractivity contribution in [1.82, 2.24) is 5.32 Å². The van der Waals surface area contributed by atoms with Crippen LogP contribution in [0.15, 0.2) is 0 Å². The first-order valence-electron chi connectivity index (χ1n) is 5.69. The SMILES string of the molecule is CCC(=O)C(NC(=O)C1CC1)C(C)(C)C. The van der Waals surface area contributed by atoms with Crippen molar-refractivity contribution < 1.29 is 9.59 Å². The van der Waals surface area contributed by atoms with Crippen LogP contribution in [0.25, 0.3) is 0 Å². The third-order valence-electron chi connectivity index (χ3n) is 2.77. The van der Waals surface area contributed by atoms with Gasteiger partial charge in [0.1, 0.15) is 0 Å². The minimum Gasteiger partial charge on any atom is -0.346 e. The minimum absolute atomic E-state index is 0.0525. The van der Waals surface area contributed by atoms with E-state index in [4.69, 9.17) is 0 Å². The van der Waals surface area contributed by atoms with Crippen LogP contribution < -0.4 is 5.32 Å². The molecule has 1 N–H and O–H groups in total. The van der Waals surface area contributed by atoms with Gasteiger partial charge in [-0.25, -0.2) is 0 Å². The van der Waals surface area contributed by atoms with Gasteiger partial charge >= 0.3 is 0 Å². The lowest BCUT2D eigenvalue weighted by Gasteiger charge is -2.30. The fourth-order valence-electron chi connectivity index (χ4n) is 1.59. The van der Waals surface area contributed by atoms with Crippen LogP contribution in [0.2, 0.25) is 0 Å². The van der Waals surface area contributed by atoms with Crippen LogP contribution in [0, 0.1) is 11.3 Å². The Labute approximate surface area is 91.6 Å². The van der Waals surface area contributed by atoms with Gasteiger partial charge in [-0.05, 0) is 18.3 Å². The molecule has 1 rings (SSSR count). The van der Waals surface area contributed by atoms with Gasteiger partial charge in [-0.3, -0.25) is 9.59 Å². The molecule has 0 aromatic heterocycles. The van der Waals surface area contributed by atoms with Gasteiger partial charge < -0.3 is 5.32 Å². The predicted molar refractivity (Wildman–Crippen MR) is 59.4 cm³/mol. The van der Waals surface area contributed by atoms with Crippen molar-refractivity contribution in [2.75, 3.05) is 0 Å². The van der Waals surface area contributed by atoms with E-state index in [9.17, 15) is 9.59 Å². The molecule has 1 fully saturated rings. The van der Waals surface area contributed by atoms with Gasteiger partial charge in [0, 0.05) is 12.3 Å². The smallest absolute Gasteiger partial charge is 0.223 e. The molecule has 1 aliphatic rings. The fraction of sp³-hybridized carbons (Fsp3) is 0.833. The Balaban J connectivity index is 2.63. The highest BCUT2D eigenvalue weighted by molar-refractivity contribution is 5.90. The third-order valence-corrected chi connectivity index (χ3v) is 2.77. The van der Waals surface area contributed by atoms with Crippen LogP contribution in [0.5, 0.6) is 0 Å². The van der Waals surface area contributed by atoms with E-state index in [2.05, 4.69) is 5.32 Å². The number of hydrogen-bond acceptors (Lipinski definition) is 2. The molecule has 0 radical (unpaired) electrons. The highest BCUT2D eigenvalue weighted by atomic mass is 16.2. The van der Waals surface area contributed by atoms with E-state index in [0.717, 1.165) is 12.8 Å². The molecular formula is C12H21NO2. The van der Waals surface area contributed by atoms with Gasteiger partial charge in [-0.1, -0.05) is 27.7 Å². The molecule has 1 amide bonds. The second-order valence-corrected chi connectivity index (χ2v) is 5.40. The summed E-state index contributed by atoms with van der Waals surface area (Å²) >= 11 is 0. The predicted octanol–water partition coefficient (Wildman–Crippen LogP) is 1.91. The van der Waals surface area contributed by atoms with E-state index >= 15 is 0 Å². The molecular weight excluding hydrogens is 190 g/mol. The van der Waals surface area contributed by atoms with Gasteiger partial charge in [-0.15, -0.1) is 0 Å². The maximum Gasteiger partial charge on any atom is 0.223 e. The normalized spacial score (nSPS) is 18.4. The quantitative estimate of drug-likeness (QED) is 0.772. The van der Waals surface area contributed by atoms with Crippen molar-refractivity contribution in [3.8, 4) is 0 Å². The van der Waals surface area contributed by atoms with Gasteiger partial charge in [0.25, 0.3) is 0 Å². The average Bonchev–Trinajstić information content (AvgIpc) is 2.93. The van der Waals surface area contributed by atoms with Gasteiger partial charge in [0.05, 0.1) is 6.04 Å². The number of amides is 1. The average molecular weight is 211 g/mol. The van der Waals surface area contributed by atoms with E-state index in [0.29, 0.717) is 6.42 Å². The number of carbonyl (C=O) groups excluding carboxylic acids is 2. The zero-order chi connectivity index (χ0) is 11.6. The molecule has 1 unspecified atom stereocenters. The Hall–Kier alpha value is -0.860. The molecule has 3 heteroatoms. The Kier molecular flexibility index (Phi) is 3.53. The van der Waals surface area contributed by atoms with Crippen LogP contribution in [0.1, 0.15) is 47.0 Å². The number of carbonyl (C=O) groups is 2. The molecule has 0 heterocycles. The zero-order valence-corrected chi connectivity index (χ0v) is 10.1. The number of hydrogen-bond donors (Lipinski definition) is 1. The van der Waals surface area contributed by atoms with E-state index in [-0.39, 0.29) is 29.1 Å². The lowest BCUT2D eigenvalue weighted by Crippen LogP contribution is -2.49. The number of ketones is 1. The van der Waals surface area contributed by atoms with E-state index in [1.165, 1.54) is 0 Å². The maximum absolute atomic E-state index is 11.7. The second-order valence-electron chi connectivity index (χ2n) is 5.40. The van der Waals surface area contributed by atoms with Gasteiger partial charge in [0.15, 0.2) is 5.78 Å². The van der Waals surface area contributed by atoms with E-state index < -0.39 is 0 Å². The summed E-state index contributed by atoms with van der Waals surface area (Å²) < 4.78 is 0. The molecule has 3 nitrogen and oxygen atoms in total. The van der Waals surface area contributed by atoms with Crippen molar-refractivity contribution >= 4 is 11.7 Å². The summed E-state index contributed by atoms with van der Waals surface area (Å²) in [7, 11) is 0. The van der Waals surface area contributed by atoms with Crippen LogP contribution in [-0.2, 0) is 9.59 Å². The van der Waals surface area contributed by atoms with Crippen LogP contribution in [0.4, 0.5) is 0 Å². The summed E-state index contributed by atoms with van der Waals surface area (Å²) in [6.07, 6.45) is 2.43. The van der Waals surface area contributed by atoms with Crippen LogP contribution in [-0.4, -0.2) is 17.7 Å². The van der Waals surface area contributed by atoms with E-state index in [1.807, 2.05) is 27.7 Å². The van der Waals surface area contributed by atoms with E-state index in [1.54, 1.807) is 0 Å². The Morgan fingerprint density at radius 1 is 1.33 bits per heavy atom. The standard InChI is InChI=1S/C12H21NO2/c1-5-9(14)10(12(2,3)4)13-11(15)8-6-7-8/h8,10H,5-7H2,1-4H3,(H,13,15). The monoisotopic (exact) mass is 211 g/mol. The molecule has 15 heavy (non-hydrogen) atoms. The Morgan fingerprint density at radius 3 is 2.20 bits per heavy atom. The maximum atomic E-state index is 11.7. The summed E-state index contributed by atoms with van der Waals surface area (Å²) in [5.74, 6) is 0.340. The first-order chi connectivity index (χ1) is 6.86. The van der Waals surface area contributed by atoms with Gasteiger partial charge in [0.2, 0.25) is 5.91 Å². The number of nitrogens with one attached hydrogen (secondary N) is 1. The molecule has 0 aromatic carbocycles. The van der Waals surface area contributed by atoms with Gasteiger partial charge in [-0.2, -0.15) is 0 Å². The third kappa shape index (κ3) is 3.33. The molecule has 0 saturated heterocycles. The molecule has 0 bridgehead atoms. The molecule has 1 saturated carbocycles. The highest BCUT2D eigenvalue weighted by Gasteiger charge is 2.36. The Bertz CT molecular complexity index is 261.